The van der Waals surface area contributed by atoms with Gasteiger partial charge >= 0.3 is 6.18 Å². The van der Waals surface area contributed by atoms with Gasteiger partial charge in [-0.1, -0.05) is 47.7 Å². The number of amides is 1. The number of morpholine rings is 1. The molecule has 45 heavy (non-hydrogen) atoms. The maximum absolute atomic E-state index is 13.8. The van der Waals surface area contributed by atoms with Crippen LogP contribution >= 0.6 is 11.3 Å². The first-order valence-electron chi connectivity index (χ1n) is 14.0. The number of hydrogen-bond acceptors (Lipinski definition) is 10. The zero-order valence-electron chi connectivity index (χ0n) is 24.3. The number of anilines is 2. The standard InChI is InChI=1S/C31H28F3N7O3S/c1-19(42)37-30-39-28-23(9-6-10-24(28)45-30)44-26-15-22(35-18-36-26)21-11-12-25(31(32,33)34)38-29(21)40(2)27-17-41(13-14-43-27)16-20-7-4-3-5-8-20/h3-12,15,18,27H,13-14,16-17H2,1-2H3,(H,37,39,42). The molecule has 1 unspecified atom stereocenters. The largest absolute Gasteiger partial charge is 0.437 e. The van der Waals surface area contributed by atoms with Crippen molar-refractivity contribution in [3.8, 4) is 22.9 Å². The summed E-state index contributed by atoms with van der Waals surface area (Å²) >= 11 is 1.30. The molecule has 14 heteroatoms. The van der Waals surface area contributed by atoms with Gasteiger partial charge in [-0.25, -0.2) is 19.9 Å². The van der Waals surface area contributed by atoms with E-state index in [-0.39, 0.29) is 17.6 Å². The number of fused-ring (bicyclic) bond motifs is 1. The SMILES string of the molecule is CC(=O)Nc1nc2c(Oc3cc(-c4ccc(C(F)(F)F)nc4N(C)C4CN(Cc5ccccc5)CCO4)ncn3)cccc2s1. The Balaban J connectivity index is 1.30. The molecule has 1 atom stereocenters. The van der Waals surface area contributed by atoms with Crippen LogP contribution in [0.3, 0.4) is 0 Å². The summed E-state index contributed by atoms with van der Waals surface area (Å²) in [6, 6.07) is 19.1. The van der Waals surface area contributed by atoms with E-state index < -0.39 is 18.1 Å². The van der Waals surface area contributed by atoms with E-state index in [4.69, 9.17) is 9.47 Å². The molecule has 1 N–H and O–H groups in total. The highest BCUT2D eigenvalue weighted by Gasteiger charge is 2.35. The maximum Gasteiger partial charge on any atom is 0.433 e. The van der Waals surface area contributed by atoms with Gasteiger partial charge in [-0.3, -0.25) is 9.69 Å². The maximum atomic E-state index is 13.8. The summed E-state index contributed by atoms with van der Waals surface area (Å²) in [4.78, 5) is 32.4. The number of likely N-dealkylation sites (N-methyl/N-ethyl adjacent to an activating group) is 1. The van der Waals surface area contributed by atoms with Gasteiger partial charge in [0.05, 0.1) is 17.0 Å². The number of benzene rings is 2. The molecule has 0 radical (unpaired) electrons. The number of rotatable bonds is 8. The minimum atomic E-state index is -4.65. The van der Waals surface area contributed by atoms with E-state index in [1.807, 2.05) is 36.4 Å². The van der Waals surface area contributed by atoms with Gasteiger partial charge in [-0.05, 0) is 29.8 Å². The van der Waals surface area contributed by atoms with Crippen molar-refractivity contribution in [3.63, 3.8) is 0 Å². The second-order valence-electron chi connectivity index (χ2n) is 10.4. The molecule has 5 aromatic rings. The lowest BCUT2D eigenvalue weighted by molar-refractivity contribution is -0.141. The van der Waals surface area contributed by atoms with Gasteiger partial charge in [0.1, 0.15) is 29.6 Å². The van der Waals surface area contributed by atoms with Crippen LogP contribution in [0.1, 0.15) is 18.2 Å². The second kappa shape index (κ2) is 12.8. The molecule has 6 rings (SSSR count). The molecule has 1 aliphatic heterocycles. The molecule has 232 valence electrons. The molecule has 1 saturated heterocycles. The lowest BCUT2D eigenvalue weighted by Crippen LogP contribution is -2.50. The minimum Gasteiger partial charge on any atom is -0.437 e. The molecule has 0 saturated carbocycles. The zero-order chi connectivity index (χ0) is 31.6. The summed E-state index contributed by atoms with van der Waals surface area (Å²) in [7, 11) is 1.66. The molecule has 0 spiro atoms. The van der Waals surface area contributed by atoms with Crippen LogP contribution in [-0.4, -0.2) is 63.7 Å². The van der Waals surface area contributed by atoms with E-state index in [2.05, 4.69) is 30.2 Å². The van der Waals surface area contributed by atoms with Crippen LogP contribution < -0.4 is 15.0 Å². The van der Waals surface area contributed by atoms with Crippen LogP contribution in [-0.2, 0) is 22.3 Å². The summed E-state index contributed by atoms with van der Waals surface area (Å²) in [6.07, 6.45) is -3.94. The Labute approximate surface area is 260 Å². The topological polar surface area (TPSA) is 106 Å². The average Bonchev–Trinajstić information content (AvgIpc) is 3.43. The third kappa shape index (κ3) is 7.03. The first-order valence-corrected chi connectivity index (χ1v) is 14.8. The highest BCUT2D eigenvalue weighted by Crippen LogP contribution is 2.37. The number of nitrogens with one attached hydrogen (secondary N) is 1. The average molecular weight is 636 g/mol. The number of hydrogen-bond donors (Lipinski definition) is 1. The third-order valence-electron chi connectivity index (χ3n) is 7.11. The molecule has 4 heterocycles. The van der Waals surface area contributed by atoms with Gasteiger partial charge in [-0.15, -0.1) is 0 Å². The first kappa shape index (κ1) is 30.4. The fourth-order valence-corrected chi connectivity index (χ4v) is 5.91. The van der Waals surface area contributed by atoms with Crippen molar-refractivity contribution >= 4 is 38.4 Å². The van der Waals surface area contributed by atoms with Crippen LogP contribution in [0.2, 0.25) is 0 Å². The molecule has 1 amide bonds. The van der Waals surface area contributed by atoms with Crippen molar-refractivity contribution in [1.29, 1.82) is 0 Å². The Morgan fingerprint density at radius 3 is 2.71 bits per heavy atom. The van der Waals surface area contributed by atoms with E-state index >= 15 is 0 Å². The van der Waals surface area contributed by atoms with Gasteiger partial charge in [0.25, 0.3) is 0 Å². The highest BCUT2D eigenvalue weighted by atomic mass is 32.1. The molecular weight excluding hydrogens is 607 g/mol. The number of halogens is 3. The molecule has 1 aliphatic rings. The van der Waals surface area contributed by atoms with Crippen molar-refractivity contribution in [2.75, 3.05) is 37.0 Å². The Hall–Kier alpha value is -4.66. The Bertz CT molecular complexity index is 1820. The Morgan fingerprint density at radius 1 is 1.11 bits per heavy atom. The number of thiazole rings is 1. The van der Waals surface area contributed by atoms with Gasteiger partial charge in [0.2, 0.25) is 11.8 Å². The van der Waals surface area contributed by atoms with Crippen LogP contribution in [0.5, 0.6) is 11.6 Å². The fraction of sp³-hybridized carbons (Fsp3) is 0.258. The van der Waals surface area contributed by atoms with Crippen molar-refractivity contribution in [2.45, 2.75) is 25.9 Å². The smallest absolute Gasteiger partial charge is 0.433 e. The van der Waals surface area contributed by atoms with Crippen molar-refractivity contribution in [2.24, 2.45) is 0 Å². The lowest BCUT2D eigenvalue weighted by Gasteiger charge is -2.38. The van der Waals surface area contributed by atoms with Crippen molar-refractivity contribution < 1.29 is 27.4 Å². The number of nitrogens with zero attached hydrogens (tertiary/aromatic N) is 6. The number of ether oxygens (including phenoxy) is 2. The molecule has 0 bridgehead atoms. The Kier molecular flexibility index (Phi) is 8.61. The number of carbonyl (C=O) groups is 1. The van der Waals surface area contributed by atoms with Crippen molar-refractivity contribution in [1.82, 2.24) is 24.8 Å². The van der Waals surface area contributed by atoms with Gasteiger partial charge in [0, 0.05) is 45.2 Å². The van der Waals surface area contributed by atoms with Gasteiger partial charge < -0.3 is 19.7 Å². The van der Waals surface area contributed by atoms with E-state index in [9.17, 15) is 18.0 Å². The van der Waals surface area contributed by atoms with E-state index in [1.165, 1.54) is 36.7 Å². The highest BCUT2D eigenvalue weighted by molar-refractivity contribution is 7.22. The van der Waals surface area contributed by atoms with Crippen molar-refractivity contribution in [3.05, 3.63) is 84.3 Å². The molecule has 0 aliphatic carbocycles. The monoisotopic (exact) mass is 635 g/mol. The quantitative estimate of drug-likeness (QED) is 0.213. The normalized spacial score (nSPS) is 15.6. The molecule has 2 aromatic carbocycles. The Morgan fingerprint density at radius 2 is 1.93 bits per heavy atom. The van der Waals surface area contributed by atoms with Gasteiger partial charge in [-0.2, -0.15) is 13.2 Å². The fourth-order valence-electron chi connectivity index (χ4n) is 4.98. The van der Waals surface area contributed by atoms with Gasteiger partial charge in [0.15, 0.2) is 10.9 Å². The van der Waals surface area contributed by atoms with Crippen LogP contribution in [0.4, 0.5) is 24.1 Å². The van der Waals surface area contributed by atoms with Crippen LogP contribution in [0.25, 0.3) is 21.5 Å². The summed E-state index contributed by atoms with van der Waals surface area (Å²) < 4.78 is 54.4. The predicted molar refractivity (Wildman–Crippen MR) is 164 cm³/mol. The zero-order valence-corrected chi connectivity index (χ0v) is 25.1. The number of aromatic nitrogens is 4. The van der Waals surface area contributed by atoms with E-state index in [1.54, 1.807) is 24.1 Å². The number of pyridine rings is 1. The molecule has 10 nitrogen and oxygen atoms in total. The number of para-hydroxylation sites is 1. The summed E-state index contributed by atoms with van der Waals surface area (Å²) in [5.74, 6) is 0.355. The van der Waals surface area contributed by atoms with Crippen LogP contribution in [0.15, 0.2) is 73.1 Å². The molecule has 3 aromatic heterocycles. The summed E-state index contributed by atoms with van der Waals surface area (Å²) in [5, 5.41) is 3.10. The number of alkyl halides is 3. The second-order valence-corrected chi connectivity index (χ2v) is 11.4. The van der Waals surface area contributed by atoms with E-state index in [0.29, 0.717) is 53.9 Å². The number of carbonyl (C=O) groups excluding carboxylic acids is 1. The summed E-state index contributed by atoms with van der Waals surface area (Å²) in [5.41, 5.74) is 1.29. The molecule has 1 fully saturated rings. The summed E-state index contributed by atoms with van der Waals surface area (Å²) in [6.45, 7) is 3.64. The van der Waals surface area contributed by atoms with E-state index in [0.717, 1.165) is 16.3 Å². The lowest BCUT2D eigenvalue weighted by atomic mass is 10.1. The van der Waals surface area contributed by atoms with Crippen LogP contribution in [0, 0.1) is 0 Å². The first-order chi connectivity index (χ1) is 21.6. The molecular formula is C31H28F3N7O3S. The minimum absolute atomic E-state index is 0.0580. The third-order valence-corrected chi connectivity index (χ3v) is 8.05. The predicted octanol–water partition coefficient (Wildman–Crippen LogP) is 6.21.